The molecule has 2 saturated carbocycles. The van der Waals surface area contributed by atoms with E-state index in [1.165, 1.54) is 52.7 Å². The van der Waals surface area contributed by atoms with Gasteiger partial charge in [0.15, 0.2) is 5.76 Å². The van der Waals surface area contributed by atoms with Crippen molar-refractivity contribution in [2.75, 3.05) is 14.2 Å². The maximum atomic E-state index is 12.0. The van der Waals surface area contributed by atoms with Crippen molar-refractivity contribution < 1.29 is 19.4 Å². The molecule has 0 aromatic carbocycles. The van der Waals surface area contributed by atoms with Crippen LogP contribution >= 0.6 is 0 Å². The highest BCUT2D eigenvalue weighted by atomic mass is 16.5. The Morgan fingerprint density at radius 3 is 2.12 bits per heavy atom. The Hall–Kier alpha value is -2.77. The first-order valence-corrected chi connectivity index (χ1v) is 12.2. The van der Waals surface area contributed by atoms with Crippen LogP contribution in [0.5, 0.6) is 0 Å². The van der Waals surface area contributed by atoms with Crippen LogP contribution in [0.2, 0.25) is 0 Å². The van der Waals surface area contributed by atoms with Crippen LogP contribution in [0.4, 0.5) is 5.95 Å². The number of aliphatic carboxylic acids is 1. The first-order chi connectivity index (χ1) is 16.1. The lowest BCUT2D eigenvalue weighted by Crippen LogP contribution is -2.17. The molecule has 8 nitrogen and oxygen atoms in total. The maximum absolute atomic E-state index is 12.0. The minimum Gasteiger partial charge on any atom is -0.497 e. The first kappa shape index (κ1) is 23.4. The standard InChI is InChI=1S/C25H34N4O4/c1-32-19-14-13-18(20(24(30)31)23(19)33-2)15-26-25-27-21(16-9-5-3-6-10-16)22(28-29-25)17-11-7-4-8-12-17/h15-17H,3-14H2,1-2H3,(H,30,31)/b26-15+. The molecular weight excluding hydrogens is 420 g/mol. The minimum atomic E-state index is -1.07. The van der Waals surface area contributed by atoms with Gasteiger partial charge in [0.2, 0.25) is 0 Å². The van der Waals surface area contributed by atoms with Crippen LogP contribution in [0.25, 0.3) is 0 Å². The molecule has 0 spiro atoms. The molecule has 0 radical (unpaired) electrons. The minimum absolute atomic E-state index is 0.0728. The molecule has 1 aromatic rings. The topological polar surface area (TPSA) is 107 Å². The van der Waals surface area contributed by atoms with Gasteiger partial charge in [0, 0.05) is 24.5 Å². The molecule has 4 rings (SSSR count). The molecule has 1 N–H and O–H groups in total. The lowest BCUT2D eigenvalue weighted by molar-refractivity contribution is -0.132. The van der Waals surface area contributed by atoms with Crippen LogP contribution in [0.1, 0.15) is 100 Å². The van der Waals surface area contributed by atoms with E-state index in [1.807, 2.05) is 0 Å². The predicted octanol–water partition coefficient (Wildman–Crippen LogP) is 5.35. The van der Waals surface area contributed by atoms with Crippen molar-refractivity contribution in [2.24, 2.45) is 4.99 Å². The van der Waals surface area contributed by atoms with E-state index >= 15 is 0 Å². The Morgan fingerprint density at radius 2 is 1.55 bits per heavy atom. The lowest BCUT2D eigenvalue weighted by atomic mass is 9.80. The smallest absolute Gasteiger partial charge is 0.339 e. The molecule has 0 unspecified atom stereocenters. The third kappa shape index (κ3) is 5.25. The van der Waals surface area contributed by atoms with Crippen molar-refractivity contribution in [3.05, 3.63) is 34.1 Å². The van der Waals surface area contributed by atoms with Gasteiger partial charge in [0.25, 0.3) is 5.95 Å². The molecule has 1 aromatic heterocycles. The molecule has 3 aliphatic rings. The largest absolute Gasteiger partial charge is 0.497 e. The zero-order valence-corrected chi connectivity index (χ0v) is 19.7. The molecule has 1 heterocycles. The number of carboxylic acid groups (broad SMARTS) is 1. The Balaban J connectivity index is 1.67. The molecule has 3 aliphatic carbocycles. The summed E-state index contributed by atoms with van der Waals surface area (Å²) < 4.78 is 10.7. The average molecular weight is 455 g/mol. The fourth-order valence-corrected chi connectivity index (χ4v) is 5.42. The number of methoxy groups -OCH3 is 2. The summed E-state index contributed by atoms with van der Waals surface area (Å²) in [5.41, 5.74) is 2.78. The fraction of sp³-hybridized carbons (Fsp3) is 0.640. The summed E-state index contributed by atoms with van der Waals surface area (Å²) in [4.78, 5) is 21.3. The molecular formula is C25H34N4O4. The number of carbonyl (C=O) groups is 1. The van der Waals surface area contributed by atoms with Gasteiger partial charge in [-0.2, -0.15) is 0 Å². The third-order valence-corrected chi connectivity index (χ3v) is 7.14. The Labute approximate surface area is 195 Å². The normalized spacial score (nSPS) is 21.0. The molecule has 178 valence electrons. The van der Waals surface area contributed by atoms with Gasteiger partial charge in [-0.1, -0.05) is 38.5 Å². The number of allylic oxidation sites excluding steroid dienone is 2. The summed E-state index contributed by atoms with van der Waals surface area (Å²) in [6, 6.07) is 0. The molecule has 2 fully saturated rings. The van der Waals surface area contributed by atoms with Crippen LogP contribution in [0.3, 0.4) is 0 Å². The molecule has 0 saturated heterocycles. The Bertz CT molecular complexity index is 957. The summed E-state index contributed by atoms with van der Waals surface area (Å²) in [5, 5.41) is 18.8. The van der Waals surface area contributed by atoms with Crippen LogP contribution in [-0.4, -0.2) is 46.7 Å². The molecule has 0 amide bonds. The monoisotopic (exact) mass is 454 g/mol. The van der Waals surface area contributed by atoms with Crippen molar-refractivity contribution >= 4 is 18.1 Å². The highest BCUT2D eigenvalue weighted by Gasteiger charge is 2.29. The van der Waals surface area contributed by atoms with Crippen molar-refractivity contribution in [3.8, 4) is 0 Å². The molecule has 0 bridgehead atoms. The van der Waals surface area contributed by atoms with Gasteiger partial charge in [0.1, 0.15) is 11.3 Å². The van der Waals surface area contributed by atoms with Gasteiger partial charge < -0.3 is 14.6 Å². The second-order valence-corrected chi connectivity index (χ2v) is 9.18. The van der Waals surface area contributed by atoms with Crippen molar-refractivity contribution in [1.82, 2.24) is 15.2 Å². The zero-order chi connectivity index (χ0) is 23.2. The van der Waals surface area contributed by atoms with E-state index in [2.05, 4.69) is 15.2 Å². The summed E-state index contributed by atoms with van der Waals surface area (Å²) in [7, 11) is 2.97. The van der Waals surface area contributed by atoms with E-state index in [1.54, 1.807) is 6.21 Å². The number of hydrogen-bond donors (Lipinski definition) is 1. The summed E-state index contributed by atoms with van der Waals surface area (Å²) in [6.45, 7) is 0. The average Bonchev–Trinajstić information content (AvgIpc) is 2.87. The maximum Gasteiger partial charge on any atom is 0.339 e. The number of aromatic nitrogens is 3. The highest BCUT2D eigenvalue weighted by molar-refractivity contribution is 6.00. The van der Waals surface area contributed by atoms with E-state index < -0.39 is 5.97 Å². The zero-order valence-electron chi connectivity index (χ0n) is 19.7. The SMILES string of the molecule is COC1=C(OC)C(C(=O)O)=C(/C=N/c2nnc(C3CCCCC3)c(C3CCCCC3)n2)CC1. The van der Waals surface area contributed by atoms with Gasteiger partial charge in [-0.15, -0.1) is 10.2 Å². The third-order valence-electron chi connectivity index (χ3n) is 7.14. The van der Waals surface area contributed by atoms with E-state index in [-0.39, 0.29) is 11.3 Å². The van der Waals surface area contributed by atoms with E-state index in [9.17, 15) is 9.90 Å². The van der Waals surface area contributed by atoms with Crippen molar-refractivity contribution in [2.45, 2.75) is 88.9 Å². The molecule has 8 heteroatoms. The van der Waals surface area contributed by atoms with E-state index in [0.29, 0.717) is 42.0 Å². The summed E-state index contributed by atoms with van der Waals surface area (Å²) >= 11 is 0. The molecule has 33 heavy (non-hydrogen) atoms. The van der Waals surface area contributed by atoms with Gasteiger partial charge in [-0.3, -0.25) is 0 Å². The van der Waals surface area contributed by atoms with Crippen LogP contribution in [0, 0.1) is 0 Å². The Kier molecular flexibility index (Phi) is 7.73. The number of nitrogens with zero attached hydrogens (tertiary/aromatic N) is 4. The number of carboxylic acids is 1. The van der Waals surface area contributed by atoms with E-state index in [4.69, 9.17) is 14.5 Å². The summed E-state index contributed by atoms with van der Waals surface area (Å²) in [5.74, 6) is 0.852. The van der Waals surface area contributed by atoms with Crippen molar-refractivity contribution in [3.63, 3.8) is 0 Å². The van der Waals surface area contributed by atoms with Gasteiger partial charge in [-0.05, 0) is 37.7 Å². The fourth-order valence-electron chi connectivity index (χ4n) is 5.42. The van der Waals surface area contributed by atoms with Gasteiger partial charge >= 0.3 is 5.97 Å². The second-order valence-electron chi connectivity index (χ2n) is 9.18. The van der Waals surface area contributed by atoms with Crippen LogP contribution in [-0.2, 0) is 14.3 Å². The van der Waals surface area contributed by atoms with Gasteiger partial charge in [0.05, 0.1) is 25.6 Å². The van der Waals surface area contributed by atoms with Gasteiger partial charge in [-0.25, -0.2) is 14.8 Å². The Morgan fingerprint density at radius 1 is 0.909 bits per heavy atom. The van der Waals surface area contributed by atoms with Crippen LogP contribution in [0.15, 0.2) is 27.7 Å². The number of rotatable bonds is 7. The predicted molar refractivity (Wildman–Crippen MR) is 125 cm³/mol. The highest BCUT2D eigenvalue weighted by Crippen LogP contribution is 2.39. The quantitative estimate of drug-likeness (QED) is 0.553. The first-order valence-electron chi connectivity index (χ1n) is 12.2. The lowest BCUT2D eigenvalue weighted by Gasteiger charge is -2.27. The number of aliphatic imine (C=N–C) groups is 1. The second kappa shape index (κ2) is 10.9. The molecule has 0 aliphatic heterocycles. The number of hydrogen-bond acceptors (Lipinski definition) is 7. The van der Waals surface area contributed by atoms with Crippen molar-refractivity contribution in [1.29, 1.82) is 0 Å². The number of ether oxygens (including phenoxy) is 2. The van der Waals surface area contributed by atoms with Crippen LogP contribution < -0.4 is 0 Å². The molecule has 0 atom stereocenters. The summed E-state index contributed by atoms with van der Waals surface area (Å²) in [6.07, 6.45) is 14.7. The van der Waals surface area contributed by atoms with E-state index in [0.717, 1.165) is 37.1 Å².